The third kappa shape index (κ3) is 7.06. The molecule has 1 aliphatic rings. The maximum absolute atomic E-state index is 13.6. The van der Waals surface area contributed by atoms with Gasteiger partial charge in [0, 0.05) is 35.7 Å². The SMILES string of the molecule is CC(=O)Cc1cccc(CCCc2nc3cc(C(=O)N4CCC(c5ccccc5)CC4)ccc3nc2-c2ccc(Cl)cc2)c1. The van der Waals surface area contributed by atoms with Gasteiger partial charge in [0.25, 0.3) is 5.91 Å². The molecule has 1 aliphatic heterocycles. The second kappa shape index (κ2) is 13.5. The van der Waals surface area contributed by atoms with Crippen molar-refractivity contribution in [2.75, 3.05) is 13.1 Å². The number of carbonyl (C=O) groups is 2. The quantitative estimate of drug-likeness (QED) is 0.171. The third-order valence-electron chi connectivity index (χ3n) is 8.48. The van der Waals surface area contributed by atoms with Gasteiger partial charge in [0.05, 0.1) is 22.4 Å². The van der Waals surface area contributed by atoms with Crippen molar-refractivity contribution in [3.05, 3.63) is 130 Å². The van der Waals surface area contributed by atoms with Gasteiger partial charge < -0.3 is 4.90 Å². The second-order valence-electron chi connectivity index (χ2n) is 11.8. The number of Topliss-reactive ketones (excluding diaryl/α,β-unsaturated/α-hetero) is 1. The van der Waals surface area contributed by atoms with Gasteiger partial charge in [-0.1, -0.05) is 78.3 Å². The van der Waals surface area contributed by atoms with Crippen LogP contribution in [0.15, 0.2) is 97.1 Å². The zero-order valence-corrected chi connectivity index (χ0v) is 25.8. The second-order valence-corrected chi connectivity index (χ2v) is 12.2. The molecule has 4 aromatic carbocycles. The lowest BCUT2D eigenvalue weighted by Crippen LogP contribution is -2.37. The van der Waals surface area contributed by atoms with E-state index in [9.17, 15) is 9.59 Å². The summed E-state index contributed by atoms with van der Waals surface area (Å²) in [5.74, 6) is 0.706. The summed E-state index contributed by atoms with van der Waals surface area (Å²) in [5, 5.41) is 0.672. The van der Waals surface area contributed by atoms with E-state index in [2.05, 4.69) is 36.4 Å². The van der Waals surface area contributed by atoms with Crippen molar-refractivity contribution in [1.82, 2.24) is 14.9 Å². The Kier molecular flexibility index (Phi) is 9.13. The summed E-state index contributed by atoms with van der Waals surface area (Å²) in [7, 11) is 0. The van der Waals surface area contributed by atoms with E-state index in [4.69, 9.17) is 21.6 Å². The van der Waals surface area contributed by atoms with Crippen LogP contribution >= 0.6 is 11.6 Å². The van der Waals surface area contributed by atoms with Crippen molar-refractivity contribution in [1.29, 1.82) is 0 Å². The Hall–Kier alpha value is -4.35. The van der Waals surface area contributed by atoms with Gasteiger partial charge >= 0.3 is 0 Å². The van der Waals surface area contributed by atoms with Crippen LogP contribution in [-0.4, -0.2) is 39.6 Å². The summed E-state index contributed by atoms with van der Waals surface area (Å²) in [4.78, 5) is 37.3. The minimum absolute atomic E-state index is 0.0500. The molecule has 6 rings (SSSR count). The molecule has 1 amide bonds. The standard InChI is InChI=1S/C38H36ClN3O2/c1-26(43)23-28-9-5-7-27(24-28)8-6-12-35-37(31-13-16-33(39)17-14-31)41-34-18-15-32(25-36(34)40-35)38(44)42-21-19-30(20-22-42)29-10-3-2-4-11-29/h2-5,7,9-11,13-18,24-25,30H,6,8,12,19-23H2,1H3. The monoisotopic (exact) mass is 601 g/mol. The number of piperidine rings is 1. The first-order valence-electron chi connectivity index (χ1n) is 15.4. The molecule has 222 valence electrons. The number of rotatable bonds is 9. The summed E-state index contributed by atoms with van der Waals surface area (Å²) in [6.45, 7) is 3.11. The van der Waals surface area contributed by atoms with Gasteiger partial charge in [0.1, 0.15) is 5.78 Å². The van der Waals surface area contributed by atoms with Crippen LogP contribution in [0.25, 0.3) is 22.3 Å². The van der Waals surface area contributed by atoms with Crippen molar-refractivity contribution in [3.8, 4) is 11.3 Å². The minimum Gasteiger partial charge on any atom is -0.339 e. The van der Waals surface area contributed by atoms with Crippen molar-refractivity contribution in [3.63, 3.8) is 0 Å². The fourth-order valence-electron chi connectivity index (χ4n) is 6.20. The van der Waals surface area contributed by atoms with E-state index >= 15 is 0 Å². The number of likely N-dealkylation sites (tertiary alicyclic amines) is 1. The van der Waals surface area contributed by atoms with Gasteiger partial charge in [-0.3, -0.25) is 9.59 Å². The summed E-state index contributed by atoms with van der Waals surface area (Å²) in [5.41, 5.74) is 8.43. The number of ketones is 1. The van der Waals surface area contributed by atoms with E-state index in [0.29, 0.717) is 22.9 Å². The lowest BCUT2D eigenvalue weighted by Gasteiger charge is -2.32. The van der Waals surface area contributed by atoms with E-state index in [1.807, 2.05) is 65.6 Å². The lowest BCUT2D eigenvalue weighted by atomic mass is 9.89. The topological polar surface area (TPSA) is 63.2 Å². The average Bonchev–Trinajstić information content (AvgIpc) is 3.05. The first kappa shape index (κ1) is 29.7. The Labute approximate surface area is 263 Å². The van der Waals surface area contributed by atoms with Crippen LogP contribution < -0.4 is 0 Å². The summed E-state index contributed by atoms with van der Waals surface area (Å²) in [6.07, 6.45) is 4.85. The molecule has 0 atom stereocenters. The molecule has 0 aliphatic carbocycles. The van der Waals surface area contributed by atoms with E-state index in [1.165, 1.54) is 11.1 Å². The summed E-state index contributed by atoms with van der Waals surface area (Å²) >= 11 is 6.19. The van der Waals surface area contributed by atoms with E-state index in [0.717, 1.165) is 78.7 Å². The predicted molar refractivity (Wildman–Crippen MR) is 177 cm³/mol. The summed E-state index contributed by atoms with van der Waals surface area (Å²) in [6, 6.07) is 32.2. The molecule has 0 bridgehead atoms. The molecule has 6 heteroatoms. The van der Waals surface area contributed by atoms with Crippen molar-refractivity contribution < 1.29 is 9.59 Å². The maximum atomic E-state index is 13.6. The minimum atomic E-state index is 0.0500. The Morgan fingerprint density at radius 3 is 2.30 bits per heavy atom. The van der Waals surface area contributed by atoms with Crippen molar-refractivity contribution in [2.24, 2.45) is 0 Å². The fraction of sp³-hybridized carbons (Fsp3) is 0.263. The normalized spacial score (nSPS) is 13.7. The number of aryl methyl sites for hydroxylation is 2. The lowest BCUT2D eigenvalue weighted by molar-refractivity contribution is -0.116. The van der Waals surface area contributed by atoms with Crippen LogP contribution in [0.4, 0.5) is 0 Å². The fourth-order valence-corrected chi connectivity index (χ4v) is 6.33. The molecule has 0 unspecified atom stereocenters. The molecule has 0 spiro atoms. The molecule has 0 radical (unpaired) electrons. The first-order valence-corrected chi connectivity index (χ1v) is 15.8. The predicted octanol–water partition coefficient (Wildman–Crippen LogP) is 8.28. The molecule has 44 heavy (non-hydrogen) atoms. The van der Waals surface area contributed by atoms with Gasteiger partial charge in [-0.15, -0.1) is 0 Å². The molecule has 0 N–H and O–H groups in total. The highest BCUT2D eigenvalue weighted by atomic mass is 35.5. The smallest absolute Gasteiger partial charge is 0.253 e. The number of benzene rings is 4. The number of nitrogens with zero attached hydrogens (tertiary/aromatic N) is 3. The van der Waals surface area contributed by atoms with Crippen LogP contribution in [0.5, 0.6) is 0 Å². The Balaban J connectivity index is 1.22. The van der Waals surface area contributed by atoms with Crippen LogP contribution in [-0.2, 0) is 24.1 Å². The molecular formula is C38H36ClN3O2. The number of aromatic nitrogens is 2. The Bertz CT molecular complexity index is 1780. The highest BCUT2D eigenvalue weighted by Crippen LogP contribution is 2.30. The van der Waals surface area contributed by atoms with Crippen LogP contribution in [0.2, 0.25) is 5.02 Å². The largest absolute Gasteiger partial charge is 0.339 e. The molecule has 1 saturated heterocycles. The van der Waals surface area contributed by atoms with Crippen LogP contribution in [0.1, 0.15) is 64.8 Å². The molecule has 5 nitrogen and oxygen atoms in total. The zero-order chi connectivity index (χ0) is 30.5. The first-order chi connectivity index (χ1) is 21.4. The van der Waals surface area contributed by atoms with E-state index in [1.54, 1.807) is 6.92 Å². The van der Waals surface area contributed by atoms with E-state index in [-0.39, 0.29) is 11.7 Å². The van der Waals surface area contributed by atoms with Gasteiger partial charge in [-0.25, -0.2) is 9.97 Å². The number of hydrogen-bond donors (Lipinski definition) is 0. The van der Waals surface area contributed by atoms with Crippen LogP contribution in [0.3, 0.4) is 0 Å². The van der Waals surface area contributed by atoms with Crippen LogP contribution in [0, 0.1) is 0 Å². The van der Waals surface area contributed by atoms with E-state index < -0.39 is 0 Å². The Morgan fingerprint density at radius 2 is 1.55 bits per heavy atom. The summed E-state index contributed by atoms with van der Waals surface area (Å²) < 4.78 is 0. The molecule has 0 saturated carbocycles. The molecule has 1 aromatic heterocycles. The molecule has 2 heterocycles. The van der Waals surface area contributed by atoms with Gasteiger partial charge in [-0.2, -0.15) is 0 Å². The van der Waals surface area contributed by atoms with Gasteiger partial charge in [-0.05, 0) is 92.0 Å². The zero-order valence-electron chi connectivity index (χ0n) is 25.0. The molecule has 1 fully saturated rings. The third-order valence-corrected chi connectivity index (χ3v) is 8.73. The van der Waals surface area contributed by atoms with Gasteiger partial charge in [0.15, 0.2) is 0 Å². The Morgan fingerprint density at radius 1 is 0.795 bits per heavy atom. The number of amides is 1. The molecule has 5 aromatic rings. The average molecular weight is 602 g/mol. The van der Waals surface area contributed by atoms with Crippen molar-refractivity contribution >= 4 is 34.3 Å². The number of carbonyl (C=O) groups excluding carboxylic acids is 2. The maximum Gasteiger partial charge on any atom is 0.253 e. The molecular weight excluding hydrogens is 566 g/mol. The van der Waals surface area contributed by atoms with Gasteiger partial charge in [0.2, 0.25) is 0 Å². The highest BCUT2D eigenvalue weighted by Gasteiger charge is 2.25. The highest BCUT2D eigenvalue weighted by molar-refractivity contribution is 6.30. The number of hydrogen-bond acceptors (Lipinski definition) is 4. The number of fused-ring (bicyclic) bond motifs is 1. The van der Waals surface area contributed by atoms with Crippen molar-refractivity contribution in [2.45, 2.75) is 51.4 Å². The number of halogens is 1.